The molecule has 1 atom stereocenters. The van der Waals surface area contributed by atoms with Gasteiger partial charge in [0.05, 0.1) is 5.56 Å². The normalized spacial score (nSPS) is 15.5. The molecular formula is C18H22FNO3. The molecule has 0 heterocycles. The van der Waals surface area contributed by atoms with E-state index in [0.717, 1.165) is 19.3 Å². The summed E-state index contributed by atoms with van der Waals surface area (Å²) in [5, 5.41) is 2.78. The Balaban J connectivity index is 1.74. The number of rotatable bonds is 6. The van der Waals surface area contributed by atoms with Gasteiger partial charge in [-0.05, 0) is 63.3 Å². The molecule has 0 unspecified atom stereocenters. The van der Waals surface area contributed by atoms with Crippen LogP contribution in [0.1, 0.15) is 49.4 Å². The van der Waals surface area contributed by atoms with Crippen molar-refractivity contribution in [2.75, 3.05) is 6.54 Å². The molecule has 23 heavy (non-hydrogen) atoms. The smallest absolute Gasteiger partial charge is 0.338 e. The molecule has 124 valence electrons. The number of allylic oxidation sites excluding steroid dienone is 1. The molecule has 0 saturated carbocycles. The minimum atomic E-state index is -0.882. The summed E-state index contributed by atoms with van der Waals surface area (Å²) in [4.78, 5) is 23.8. The molecule has 1 N–H and O–H groups in total. The maximum atomic E-state index is 12.8. The number of carbonyl (C=O) groups excluding carboxylic acids is 2. The van der Waals surface area contributed by atoms with Gasteiger partial charge in [-0.15, -0.1) is 0 Å². The van der Waals surface area contributed by atoms with E-state index in [9.17, 15) is 14.0 Å². The fourth-order valence-electron chi connectivity index (χ4n) is 2.49. The van der Waals surface area contributed by atoms with Crippen molar-refractivity contribution in [1.82, 2.24) is 5.32 Å². The fourth-order valence-corrected chi connectivity index (χ4v) is 2.49. The van der Waals surface area contributed by atoms with Gasteiger partial charge < -0.3 is 10.1 Å². The first-order valence-corrected chi connectivity index (χ1v) is 7.98. The summed E-state index contributed by atoms with van der Waals surface area (Å²) in [5.74, 6) is -1.39. The highest BCUT2D eigenvalue weighted by Crippen LogP contribution is 2.19. The van der Waals surface area contributed by atoms with Crippen LogP contribution in [0.2, 0.25) is 0 Å². The van der Waals surface area contributed by atoms with Gasteiger partial charge in [-0.2, -0.15) is 0 Å². The highest BCUT2D eigenvalue weighted by Gasteiger charge is 2.18. The van der Waals surface area contributed by atoms with Crippen LogP contribution in [0, 0.1) is 5.82 Å². The second-order valence-corrected chi connectivity index (χ2v) is 5.70. The number of carbonyl (C=O) groups is 2. The van der Waals surface area contributed by atoms with Gasteiger partial charge in [-0.3, -0.25) is 4.79 Å². The van der Waals surface area contributed by atoms with Crippen LogP contribution in [-0.4, -0.2) is 24.5 Å². The molecule has 0 spiro atoms. The second-order valence-electron chi connectivity index (χ2n) is 5.70. The quantitative estimate of drug-likeness (QED) is 0.646. The summed E-state index contributed by atoms with van der Waals surface area (Å²) >= 11 is 0. The van der Waals surface area contributed by atoms with Gasteiger partial charge in [0.1, 0.15) is 5.82 Å². The molecule has 2 rings (SSSR count). The zero-order valence-electron chi connectivity index (χ0n) is 13.3. The summed E-state index contributed by atoms with van der Waals surface area (Å²) in [7, 11) is 0. The molecule has 0 aromatic heterocycles. The van der Waals surface area contributed by atoms with Crippen LogP contribution in [0.3, 0.4) is 0 Å². The Labute approximate surface area is 135 Å². The third-order valence-electron chi connectivity index (χ3n) is 3.86. The highest BCUT2D eigenvalue weighted by atomic mass is 19.1. The Morgan fingerprint density at radius 2 is 2.00 bits per heavy atom. The molecule has 1 amide bonds. The fraction of sp³-hybridized carbons (Fsp3) is 0.444. The number of nitrogens with one attached hydrogen (secondary N) is 1. The topological polar surface area (TPSA) is 55.4 Å². The van der Waals surface area contributed by atoms with Crippen LogP contribution in [0.25, 0.3) is 0 Å². The predicted molar refractivity (Wildman–Crippen MR) is 85.5 cm³/mol. The minimum absolute atomic E-state index is 0.221. The van der Waals surface area contributed by atoms with E-state index in [-0.39, 0.29) is 11.5 Å². The van der Waals surface area contributed by atoms with Crippen molar-refractivity contribution in [3.05, 3.63) is 47.3 Å². The van der Waals surface area contributed by atoms with Crippen molar-refractivity contribution in [1.29, 1.82) is 0 Å². The molecule has 1 aliphatic carbocycles. The van der Waals surface area contributed by atoms with E-state index in [1.807, 2.05) is 0 Å². The third-order valence-corrected chi connectivity index (χ3v) is 3.86. The van der Waals surface area contributed by atoms with Gasteiger partial charge >= 0.3 is 5.97 Å². The molecule has 4 nitrogen and oxygen atoms in total. The van der Waals surface area contributed by atoms with E-state index >= 15 is 0 Å². The van der Waals surface area contributed by atoms with Crippen molar-refractivity contribution in [2.24, 2.45) is 0 Å². The molecule has 0 fully saturated rings. The zero-order valence-corrected chi connectivity index (χ0v) is 13.3. The average molecular weight is 319 g/mol. The molecule has 0 radical (unpaired) electrons. The number of hydrogen-bond donors (Lipinski definition) is 1. The Morgan fingerprint density at radius 1 is 1.26 bits per heavy atom. The van der Waals surface area contributed by atoms with Crippen LogP contribution >= 0.6 is 0 Å². The largest absolute Gasteiger partial charge is 0.449 e. The van der Waals surface area contributed by atoms with Crippen molar-refractivity contribution in [3.8, 4) is 0 Å². The van der Waals surface area contributed by atoms with E-state index in [0.29, 0.717) is 6.54 Å². The predicted octanol–water partition coefficient (Wildman–Crippen LogP) is 3.38. The Kier molecular flexibility index (Phi) is 6.32. The van der Waals surface area contributed by atoms with Crippen LogP contribution < -0.4 is 5.32 Å². The van der Waals surface area contributed by atoms with Crippen molar-refractivity contribution < 1.29 is 18.7 Å². The van der Waals surface area contributed by atoms with Crippen LogP contribution in [-0.2, 0) is 9.53 Å². The van der Waals surface area contributed by atoms with Gasteiger partial charge in [0, 0.05) is 6.54 Å². The lowest BCUT2D eigenvalue weighted by molar-refractivity contribution is -0.129. The molecule has 0 bridgehead atoms. The van der Waals surface area contributed by atoms with E-state index in [1.54, 1.807) is 0 Å². The molecule has 0 aliphatic heterocycles. The average Bonchev–Trinajstić information content (AvgIpc) is 2.56. The lowest BCUT2D eigenvalue weighted by Crippen LogP contribution is -2.36. The van der Waals surface area contributed by atoms with E-state index < -0.39 is 17.9 Å². The number of ether oxygens (including phenoxy) is 1. The SMILES string of the molecule is C[C@@H](OC(=O)c1ccc(F)cc1)C(=O)NCCC1=CCCCC1. The van der Waals surface area contributed by atoms with Gasteiger partial charge in [0.15, 0.2) is 6.10 Å². The standard InChI is InChI=1S/C18H22FNO3/c1-13(23-18(22)15-7-9-16(19)10-8-15)17(21)20-12-11-14-5-3-2-4-6-14/h5,7-10,13H,2-4,6,11-12H2,1H3,(H,20,21)/t13-/m1/s1. The summed E-state index contributed by atoms with van der Waals surface area (Å²) in [5.41, 5.74) is 1.60. The van der Waals surface area contributed by atoms with Crippen molar-refractivity contribution in [3.63, 3.8) is 0 Å². The number of benzene rings is 1. The first-order valence-electron chi connectivity index (χ1n) is 7.98. The van der Waals surface area contributed by atoms with Crippen LogP contribution in [0.15, 0.2) is 35.9 Å². The lowest BCUT2D eigenvalue weighted by Gasteiger charge is -2.15. The number of halogens is 1. The molecule has 1 aromatic carbocycles. The van der Waals surface area contributed by atoms with E-state index in [4.69, 9.17) is 4.74 Å². The Hall–Kier alpha value is -2.17. The van der Waals surface area contributed by atoms with Gasteiger partial charge in [0.25, 0.3) is 5.91 Å². The van der Waals surface area contributed by atoms with E-state index in [2.05, 4.69) is 11.4 Å². The second kappa shape index (κ2) is 8.46. The van der Waals surface area contributed by atoms with Crippen LogP contribution in [0.5, 0.6) is 0 Å². The Morgan fingerprint density at radius 3 is 2.65 bits per heavy atom. The molecular weight excluding hydrogens is 297 g/mol. The first kappa shape index (κ1) is 17.2. The summed E-state index contributed by atoms with van der Waals surface area (Å²) in [6, 6.07) is 5.02. The number of esters is 1. The molecule has 5 heteroatoms. The summed E-state index contributed by atoms with van der Waals surface area (Å²) in [6.07, 6.45) is 6.88. The van der Waals surface area contributed by atoms with E-state index in [1.165, 1.54) is 49.6 Å². The number of hydrogen-bond acceptors (Lipinski definition) is 3. The zero-order chi connectivity index (χ0) is 16.7. The number of amides is 1. The van der Waals surface area contributed by atoms with Gasteiger partial charge in [0.2, 0.25) is 0 Å². The summed E-state index contributed by atoms with van der Waals surface area (Å²) in [6.45, 7) is 2.07. The Bertz CT molecular complexity index is 580. The summed E-state index contributed by atoms with van der Waals surface area (Å²) < 4.78 is 17.9. The molecule has 0 saturated heterocycles. The highest BCUT2D eigenvalue weighted by molar-refractivity contribution is 5.92. The molecule has 1 aromatic rings. The minimum Gasteiger partial charge on any atom is -0.449 e. The van der Waals surface area contributed by atoms with Crippen LogP contribution in [0.4, 0.5) is 4.39 Å². The first-order chi connectivity index (χ1) is 11.1. The maximum absolute atomic E-state index is 12.8. The van der Waals surface area contributed by atoms with Crippen molar-refractivity contribution in [2.45, 2.75) is 45.1 Å². The van der Waals surface area contributed by atoms with Crippen molar-refractivity contribution >= 4 is 11.9 Å². The molecule has 1 aliphatic rings. The third kappa shape index (κ3) is 5.51. The lowest BCUT2D eigenvalue weighted by atomic mass is 9.97. The maximum Gasteiger partial charge on any atom is 0.338 e. The van der Waals surface area contributed by atoms with Gasteiger partial charge in [-0.1, -0.05) is 11.6 Å². The monoisotopic (exact) mass is 319 g/mol. The van der Waals surface area contributed by atoms with Gasteiger partial charge in [-0.25, -0.2) is 9.18 Å².